The van der Waals surface area contributed by atoms with E-state index in [0.29, 0.717) is 16.5 Å². The van der Waals surface area contributed by atoms with Crippen LogP contribution < -0.4 is 5.56 Å². The molecule has 0 aliphatic rings. The summed E-state index contributed by atoms with van der Waals surface area (Å²) in [6.45, 7) is 0. The van der Waals surface area contributed by atoms with Gasteiger partial charge in [-0.15, -0.1) is 0 Å². The number of hydrogen-bond donors (Lipinski definition) is 2. The van der Waals surface area contributed by atoms with Crippen molar-refractivity contribution in [1.82, 2.24) is 9.97 Å². The number of aliphatic hydroxyl groups excluding tert-OH is 1. The lowest BCUT2D eigenvalue weighted by Gasteiger charge is -2.08. The van der Waals surface area contributed by atoms with Gasteiger partial charge in [0.15, 0.2) is 5.82 Å². The summed E-state index contributed by atoms with van der Waals surface area (Å²) in [7, 11) is 0. The minimum atomic E-state index is -0.357. The lowest BCUT2D eigenvalue weighted by atomic mass is 10.0. The number of allylic oxidation sites excluding steroid dienone is 1. The highest BCUT2D eigenvalue weighted by atomic mass is 16.3. The highest BCUT2D eigenvalue weighted by Gasteiger charge is 2.16. The second-order valence-electron chi connectivity index (χ2n) is 5.79. The van der Waals surface area contributed by atoms with Gasteiger partial charge in [0, 0.05) is 5.56 Å². The SMILES string of the molecule is N#CC(=C(O)c1cccc2ccccc12)c1nc2ccccc2c(=O)[nH]1. The van der Waals surface area contributed by atoms with Crippen molar-refractivity contribution < 1.29 is 5.11 Å². The molecular weight excluding hydrogens is 326 g/mol. The van der Waals surface area contributed by atoms with E-state index in [-0.39, 0.29) is 22.7 Å². The summed E-state index contributed by atoms with van der Waals surface area (Å²) in [6.07, 6.45) is 0. The van der Waals surface area contributed by atoms with E-state index >= 15 is 0 Å². The number of benzene rings is 3. The van der Waals surface area contributed by atoms with Gasteiger partial charge in [0.1, 0.15) is 17.4 Å². The van der Waals surface area contributed by atoms with Gasteiger partial charge in [-0.05, 0) is 22.9 Å². The van der Waals surface area contributed by atoms with Crippen molar-refractivity contribution in [2.24, 2.45) is 0 Å². The molecule has 0 spiro atoms. The fourth-order valence-corrected chi connectivity index (χ4v) is 2.99. The van der Waals surface area contributed by atoms with Gasteiger partial charge in [0.25, 0.3) is 5.56 Å². The number of nitriles is 1. The van der Waals surface area contributed by atoms with E-state index in [9.17, 15) is 15.2 Å². The number of H-pyrrole nitrogens is 1. The van der Waals surface area contributed by atoms with E-state index in [0.717, 1.165) is 10.8 Å². The van der Waals surface area contributed by atoms with Crippen molar-refractivity contribution in [2.75, 3.05) is 0 Å². The molecule has 0 saturated carbocycles. The number of aromatic nitrogens is 2. The van der Waals surface area contributed by atoms with Crippen molar-refractivity contribution >= 4 is 33.0 Å². The first-order valence-corrected chi connectivity index (χ1v) is 8.00. The van der Waals surface area contributed by atoms with E-state index in [2.05, 4.69) is 9.97 Å². The molecule has 0 unspecified atom stereocenters. The maximum Gasteiger partial charge on any atom is 0.259 e. The third-order valence-corrected chi connectivity index (χ3v) is 4.24. The monoisotopic (exact) mass is 339 g/mol. The van der Waals surface area contributed by atoms with Gasteiger partial charge in [-0.2, -0.15) is 5.26 Å². The zero-order valence-corrected chi connectivity index (χ0v) is 13.6. The summed E-state index contributed by atoms with van der Waals surface area (Å²) >= 11 is 0. The Bertz CT molecular complexity index is 1270. The van der Waals surface area contributed by atoms with Crippen molar-refractivity contribution in [3.8, 4) is 6.07 Å². The molecule has 1 aromatic heterocycles. The van der Waals surface area contributed by atoms with Gasteiger partial charge < -0.3 is 10.1 Å². The van der Waals surface area contributed by atoms with Crippen LogP contribution in [0.5, 0.6) is 0 Å². The van der Waals surface area contributed by atoms with Crippen LogP contribution in [-0.4, -0.2) is 15.1 Å². The van der Waals surface area contributed by atoms with Crippen LogP contribution in [0.3, 0.4) is 0 Å². The summed E-state index contributed by atoms with van der Waals surface area (Å²) in [5, 5.41) is 22.6. The van der Waals surface area contributed by atoms with Crippen LogP contribution in [0.4, 0.5) is 0 Å². The van der Waals surface area contributed by atoms with E-state index in [1.54, 1.807) is 36.4 Å². The molecule has 5 heteroatoms. The third-order valence-electron chi connectivity index (χ3n) is 4.24. The number of para-hydroxylation sites is 1. The van der Waals surface area contributed by atoms with Crippen LogP contribution in [0, 0.1) is 11.3 Å². The average Bonchev–Trinajstić information content (AvgIpc) is 2.68. The highest BCUT2D eigenvalue weighted by molar-refractivity contribution is 6.01. The normalized spacial score (nSPS) is 12.0. The Hall–Kier alpha value is -3.91. The molecule has 0 saturated heterocycles. The molecule has 0 aliphatic carbocycles. The van der Waals surface area contributed by atoms with Gasteiger partial charge in [-0.25, -0.2) is 4.98 Å². The van der Waals surface area contributed by atoms with E-state index in [1.807, 2.05) is 36.4 Å². The number of hydrogen-bond acceptors (Lipinski definition) is 4. The Morgan fingerprint density at radius 2 is 1.65 bits per heavy atom. The van der Waals surface area contributed by atoms with Crippen LogP contribution in [-0.2, 0) is 0 Å². The molecule has 0 atom stereocenters. The first-order chi connectivity index (χ1) is 12.7. The largest absolute Gasteiger partial charge is 0.506 e. The van der Waals surface area contributed by atoms with Crippen LogP contribution in [0.15, 0.2) is 71.5 Å². The molecule has 1 heterocycles. The maximum absolute atomic E-state index is 12.3. The molecule has 0 aliphatic heterocycles. The Labute approximate surface area is 148 Å². The molecule has 0 fully saturated rings. The standard InChI is InChI=1S/C21H13N3O2/c22-12-17(20-23-18-11-4-3-9-16(18)21(26)24-20)19(25)15-10-5-7-13-6-1-2-8-14(13)15/h1-11,25H,(H,23,24,26). The lowest BCUT2D eigenvalue weighted by molar-refractivity contribution is 0.514. The topological polar surface area (TPSA) is 89.8 Å². The third kappa shape index (κ3) is 2.50. The summed E-state index contributed by atoms with van der Waals surface area (Å²) in [4.78, 5) is 19.2. The Morgan fingerprint density at radius 1 is 0.962 bits per heavy atom. The molecule has 0 bridgehead atoms. The quantitative estimate of drug-likeness (QED) is 0.426. The van der Waals surface area contributed by atoms with Gasteiger partial charge in [-0.1, -0.05) is 54.6 Å². The molecule has 4 rings (SSSR count). The molecular formula is C21H13N3O2. The molecule has 0 amide bonds. The zero-order chi connectivity index (χ0) is 18.1. The second-order valence-corrected chi connectivity index (χ2v) is 5.79. The summed E-state index contributed by atoms with van der Waals surface area (Å²) in [5.74, 6) is -0.177. The van der Waals surface area contributed by atoms with Gasteiger partial charge >= 0.3 is 0 Å². The van der Waals surface area contributed by atoms with Crippen LogP contribution in [0.1, 0.15) is 11.4 Å². The summed E-state index contributed by atoms with van der Waals surface area (Å²) in [5.41, 5.74) is 0.536. The summed E-state index contributed by atoms with van der Waals surface area (Å²) < 4.78 is 0. The molecule has 4 aromatic rings. The van der Waals surface area contributed by atoms with Crippen molar-refractivity contribution in [3.05, 3.63) is 88.5 Å². The van der Waals surface area contributed by atoms with Crippen LogP contribution in [0.25, 0.3) is 33.0 Å². The van der Waals surface area contributed by atoms with Gasteiger partial charge in [-0.3, -0.25) is 4.79 Å². The minimum Gasteiger partial charge on any atom is -0.506 e. The molecule has 0 radical (unpaired) electrons. The van der Waals surface area contributed by atoms with Crippen molar-refractivity contribution in [2.45, 2.75) is 0 Å². The highest BCUT2D eigenvalue weighted by Crippen LogP contribution is 2.28. The molecule has 2 N–H and O–H groups in total. The Balaban J connectivity index is 1.99. The van der Waals surface area contributed by atoms with Crippen molar-refractivity contribution in [1.29, 1.82) is 5.26 Å². The molecule has 3 aromatic carbocycles. The fourth-order valence-electron chi connectivity index (χ4n) is 2.99. The fraction of sp³-hybridized carbons (Fsp3) is 0. The first-order valence-electron chi connectivity index (χ1n) is 8.00. The lowest BCUT2D eigenvalue weighted by Crippen LogP contribution is -2.11. The molecule has 5 nitrogen and oxygen atoms in total. The number of aromatic amines is 1. The number of nitrogens with zero attached hydrogens (tertiary/aromatic N) is 2. The first kappa shape index (κ1) is 15.6. The van der Waals surface area contributed by atoms with Crippen LogP contribution in [0.2, 0.25) is 0 Å². The number of nitrogens with one attached hydrogen (secondary N) is 1. The number of aliphatic hydroxyl groups is 1. The van der Waals surface area contributed by atoms with E-state index in [1.165, 1.54) is 0 Å². The van der Waals surface area contributed by atoms with Gasteiger partial charge in [0.05, 0.1) is 10.9 Å². The second kappa shape index (κ2) is 6.19. The number of rotatable bonds is 2. The smallest absolute Gasteiger partial charge is 0.259 e. The Morgan fingerprint density at radius 3 is 2.46 bits per heavy atom. The predicted molar refractivity (Wildman–Crippen MR) is 101 cm³/mol. The van der Waals surface area contributed by atoms with Gasteiger partial charge in [0.2, 0.25) is 0 Å². The van der Waals surface area contributed by atoms with Crippen LogP contribution >= 0.6 is 0 Å². The maximum atomic E-state index is 12.3. The van der Waals surface area contributed by atoms with Crippen molar-refractivity contribution in [3.63, 3.8) is 0 Å². The summed E-state index contributed by atoms with van der Waals surface area (Å²) in [6, 6.07) is 21.8. The van der Waals surface area contributed by atoms with E-state index in [4.69, 9.17) is 0 Å². The number of fused-ring (bicyclic) bond motifs is 2. The van der Waals surface area contributed by atoms with E-state index < -0.39 is 0 Å². The zero-order valence-electron chi connectivity index (χ0n) is 13.6. The molecule has 26 heavy (non-hydrogen) atoms. The molecule has 124 valence electrons. The minimum absolute atomic E-state index is 0.0432. The predicted octanol–water partition coefficient (Wildman–Crippen LogP) is 4.03. The average molecular weight is 339 g/mol. The Kier molecular flexibility index (Phi) is 3.71.